The number of hydrogen-bond donors (Lipinski definition) is 2. The van der Waals surface area contributed by atoms with E-state index in [0.717, 1.165) is 12.8 Å². The Kier molecular flexibility index (Phi) is 9.74. The van der Waals surface area contributed by atoms with Crippen LogP contribution in [0.4, 0.5) is 4.79 Å². The van der Waals surface area contributed by atoms with Crippen LogP contribution in [0.2, 0.25) is 0 Å². The van der Waals surface area contributed by atoms with Gasteiger partial charge in [0.2, 0.25) is 0 Å². The molecule has 0 aliphatic heterocycles. The Morgan fingerprint density at radius 1 is 1.14 bits per heavy atom. The lowest BCUT2D eigenvalue weighted by molar-refractivity contribution is 0.0878. The lowest BCUT2D eigenvalue weighted by Gasteiger charge is -2.02. The van der Waals surface area contributed by atoms with Crippen LogP contribution < -0.4 is 5.48 Å². The highest BCUT2D eigenvalue weighted by molar-refractivity contribution is 5.65. The summed E-state index contributed by atoms with van der Waals surface area (Å²) in [7, 11) is 0. The number of unbranched alkanes of at least 4 members (excludes halogenated alkanes) is 6. The van der Waals surface area contributed by atoms with Crippen LogP contribution in [0.5, 0.6) is 0 Å². The molecule has 84 valence electrons. The fourth-order valence-electron chi connectivity index (χ4n) is 1.26. The van der Waals surface area contributed by atoms with E-state index in [1.54, 1.807) is 0 Å². The van der Waals surface area contributed by atoms with Crippen molar-refractivity contribution in [3.63, 3.8) is 0 Å². The molecule has 0 atom stereocenters. The van der Waals surface area contributed by atoms with E-state index in [-0.39, 0.29) is 0 Å². The molecule has 0 aromatic carbocycles. The molecule has 0 rings (SSSR count). The van der Waals surface area contributed by atoms with Crippen molar-refractivity contribution in [3.05, 3.63) is 0 Å². The molecule has 0 aromatic heterocycles. The third-order valence-electron chi connectivity index (χ3n) is 2.07. The molecule has 0 bridgehead atoms. The zero-order valence-electron chi connectivity index (χ0n) is 8.92. The average Bonchev–Trinajstić information content (AvgIpc) is 2.21. The molecule has 0 heterocycles. The Morgan fingerprint density at radius 3 is 2.29 bits per heavy atom. The summed E-state index contributed by atoms with van der Waals surface area (Å²) in [5.74, 6) is 0. The minimum Gasteiger partial charge on any atom is -0.448 e. The Balaban J connectivity index is 2.95. The van der Waals surface area contributed by atoms with Crippen LogP contribution >= 0.6 is 0 Å². The van der Waals surface area contributed by atoms with Gasteiger partial charge in [-0.2, -0.15) is 0 Å². The molecule has 0 aliphatic carbocycles. The number of amides is 1. The fraction of sp³-hybridized carbons (Fsp3) is 0.900. The summed E-state index contributed by atoms with van der Waals surface area (Å²) in [6, 6.07) is 0. The van der Waals surface area contributed by atoms with Crippen molar-refractivity contribution < 1.29 is 14.7 Å². The quantitative estimate of drug-likeness (QED) is 0.362. The topological polar surface area (TPSA) is 58.6 Å². The van der Waals surface area contributed by atoms with Gasteiger partial charge in [-0.05, 0) is 6.42 Å². The maximum Gasteiger partial charge on any atom is 0.431 e. The summed E-state index contributed by atoms with van der Waals surface area (Å²) < 4.78 is 4.62. The molecule has 0 aliphatic rings. The highest BCUT2D eigenvalue weighted by Crippen LogP contribution is 2.06. The van der Waals surface area contributed by atoms with Crippen LogP contribution in [0.1, 0.15) is 51.9 Å². The molecule has 0 radical (unpaired) electrons. The van der Waals surface area contributed by atoms with Gasteiger partial charge in [0.15, 0.2) is 0 Å². The van der Waals surface area contributed by atoms with E-state index in [9.17, 15) is 4.79 Å². The van der Waals surface area contributed by atoms with Crippen molar-refractivity contribution in [1.82, 2.24) is 5.48 Å². The second kappa shape index (κ2) is 10.3. The number of nitrogens with one attached hydrogen (secondary N) is 1. The van der Waals surface area contributed by atoms with E-state index < -0.39 is 6.09 Å². The number of ether oxygens (including phenoxy) is 1. The van der Waals surface area contributed by atoms with Crippen LogP contribution in [0.25, 0.3) is 0 Å². The van der Waals surface area contributed by atoms with E-state index >= 15 is 0 Å². The van der Waals surface area contributed by atoms with E-state index in [2.05, 4.69) is 11.7 Å². The first-order valence-electron chi connectivity index (χ1n) is 5.38. The normalized spacial score (nSPS) is 9.86. The first-order valence-corrected chi connectivity index (χ1v) is 5.38. The zero-order valence-corrected chi connectivity index (χ0v) is 8.92. The SMILES string of the molecule is CCCCCCCCCOC(=O)NO. The lowest BCUT2D eigenvalue weighted by Crippen LogP contribution is -2.20. The Morgan fingerprint density at radius 2 is 1.71 bits per heavy atom. The molecule has 1 amide bonds. The largest absolute Gasteiger partial charge is 0.448 e. The summed E-state index contributed by atoms with van der Waals surface area (Å²) in [5, 5.41) is 8.11. The van der Waals surface area contributed by atoms with Gasteiger partial charge < -0.3 is 4.74 Å². The second-order valence-corrected chi connectivity index (χ2v) is 3.37. The van der Waals surface area contributed by atoms with Gasteiger partial charge in [0.05, 0.1) is 6.61 Å². The predicted molar refractivity (Wildman–Crippen MR) is 54.3 cm³/mol. The highest BCUT2D eigenvalue weighted by atomic mass is 16.6. The average molecular weight is 203 g/mol. The fourth-order valence-corrected chi connectivity index (χ4v) is 1.26. The smallest absolute Gasteiger partial charge is 0.431 e. The Hall–Kier alpha value is -0.770. The van der Waals surface area contributed by atoms with Crippen LogP contribution in [-0.4, -0.2) is 17.9 Å². The van der Waals surface area contributed by atoms with E-state index in [1.807, 2.05) is 0 Å². The molecular weight excluding hydrogens is 182 g/mol. The molecule has 0 saturated heterocycles. The van der Waals surface area contributed by atoms with Gasteiger partial charge in [-0.3, -0.25) is 5.21 Å². The Bertz CT molecular complexity index is 139. The van der Waals surface area contributed by atoms with Crippen molar-refractivity contribution in [2.75, 3.05) is 6.61 Å². The van der Waals surface area contributed by atoms with Crippen molar-refractivity contribution >= 4 is 6.09 Å². The van der Waals surface area contributed by atoms with Gasteiger partial charge >= 0.3 is 6.09 Å². The van der Waals surface area contributed by atoms with Crippen LogP contribution in [0.15, 0.2) is 0 Å². The number of carbonyl (C=O) groups is 1. The molecule has 0 saturated carbocycles. The van der Waals surface area contributed by atoms with E-state index in [0.29, 0.717) is 6.61 Å². The van der Waals surface area contributed by atoms with Gasteiger partial charge in [0.25, 0.3) is 0 Å². The predicted octanol–water partition coefficient (Wildman–Crippen LogP) is 2.85. The first-order chi connectivity index (χ1) is 6.81. The van der Waals surface area contributed by atoms with Crippen molar-refractivity contribution in [2.45, 2.75) is 51.9 Å². The van der Waals surface area contributed by atoms with Crippen molar-refractivity contribution in [3.8, 4) is 0 Å². The van der Waals surface area contributed by atoms with Crippen molar-refractivity contribution in [2.24, 2.45) is 0 Å². The summed E-state index contributed by atoms with van der Waals surface area (Å²) in [6.07, 6.45) is 7.53. The summed E-state index contributed by atoms with van der Waals surface area (Å²) in [6.45, 7) is 2.58. The summed E-state index contributed by atoms with van der Waals surface area (Å²) >= 11 is 0. The van der Waals surface area contributed by atoms with E-state index in [4.69, 9.17) is 5.21 Å². The number of hydroxylamine groups is 1. The molecule has 14 heavy (non-hydrogen) atoms. The molecule has 0 fully saturated rings. The maximum atomic E-state index is 10.4. The number of rotatable bonds is 8. The van der Waals surface area contributed by atoms with Gasteiger partial charge in [-0.15, -0.1) is 0 Å². The molecule has 4 nitrogen and oxygen atoms in total. The third kappa shape index (κ3) is 9.32. The second-order valence-electron chi connectivity index (χ2n) is 3.37. The monoisotopic (exact) mass is 203 g/mol. The third-order valence-corrected chi connectivity index (χ3v) is 2.07. The summed E-state index contributed by atoms with van der Waals surface area (Å²) in [5.41, 5.74) is 1.42. The van der Waals surface area contributed by atoms with Gasteiger partial charge in [-0.25, -0.2) is 10.3 Å². The van der Waals surface area contributed by atoms with Crippen LogP contribution in [0, 0.1) is 0 Å². The van der Waals surface area contributed by atoms with Crippen molar-refractivity contribution in [1.29, 1.82) is 0 Å². The molecule has 0 spiro atoms. The van der Waals surface area contributed by atoms with Crippen LogP contribution in [0.3, 0.4) is 0 Å². The molecule has 2 N–H and O–H groups in total. The van der Waals surface area contributed by atoms with Gasteiger partial charge in [-0.1, -0.05) is 45.4 Å². The van der Waals surface area contributed by atoms with Crippen LogP contribution in [-0.2, 0) is 4.74 Å². The van der Waals surface area contributed by atoms with E-state index in [1.165, 1.54) is 37.6 Å². The summed E-state index contributed by atoms with van der Waals surface area (Å²) in [4.78, 5) is 10.4. The maximum absolute atomic E-state index is 10.4. The zero-order chi connectivity index (χ0) is 10.6. The molecular formula is C10H21NO3. The molecule has 4 heteroatoms. The first kappa shape index (κ1) is 13.2. The lowest BCUT2D eigenvalue weighted by atomic mass is 10.1. The minimum atomic E-state index is -0.768. The molecule has 0 unspecified atom stereocenters. The minimum absolute atomic E-state index is 0.389. The van der Waals surface area contributed by atoms with Gasteiger partial charge in [0.1, 0.15) is 0 Å². The number of carbonyl (C=O) groups excluding carboxylic acids is 1. The Labute approximate surface area is 85.6 Å². The van der Waals surface area contributed by atoms with Gasteiger partial charge in [0, 0.05) is 0 Å². The molecule has 0 aromatic rings. The number of hydrogen-bond acceptors (Lipinski definition) is 3. The standard InChI is InChI=1S/C10H21NO3/c1-2-3-4-5-6-7-8-9-14-10(12)11-13/h13H,2-9H2,1H3,(H,11,12). The highest BCUT2D eigenvalue weighted by Gasteiger charge is 1.97.